The monoisotopic (exact) mass is 144 g/mol. The van der Waals surface area contributed by atoms with Crippen LogP contribution < -0.4 is 0 Å². The summed E-state index contributed by atoms with van der Waals surface area (Å²) < 4.78 is 0. The molecule has 1 atom stereocenters. The fraction of sp³-hybridized carbons (Fsp3) is 0.571. The first kappa shape index (κ1) is 8.76. The Labute approximate surface area is 61.6 Å². The zero-order chi connectivity index (χ0) is 7.28. The quantitative estimate of drug-likeness (QED) is 0.474. The second-order valence-corrected chi connectivity index (χ2v) is 2.32. The van der Waals surface area contributed by atoms with Crippen molar-refractivity contribution in [3.05, 3.63) is 12.2 Å². The van der Waals surface area contributed by atoms with Crippen LogP contribution in [0.15, 0.2) is 12.2 Å². The zero-order valence-electron chi connectivity index (χ0n) is 5.79. The van der Waals surface area contributed by atoms with Crippen LogP contribution in [0.4, 0.5) is 0 Å². The summed E-state index contributed by atoms with van der Waals surface area (Å²) >= 11 is 3.72. The van der Waals surface area contributed by atoms with Crippen molar-refractivity contribution >= 4 is 17.7 Å². The predicted octanol–water partition coefficient (Wildman–Crippen LogP) is 2.05. The number of carbonyl (C=O) groups excluding carboxylic acids is 1. The lowest BCUT2D eigenvalue weighted by atomic mass is 10.1. The van der Waals surface area contributed by atoms with Gasteiger partial charge in [-0.05, 0) is 13.3 Å². The summed E-state index contributed by atoms with van der Waals surface area (Å²) in [5.41, 5.74) is 0. The van der Waals surface area contributed by atoms with Crippen LogP contribution in [0.5, 0.6) is 0 Å². The molecule has 0 N–H and O–H groups in total. The number of hydrogen-bond donors (Lipinski definition) is 1. The van der Waals surface area contributed by atoms with Gasteiger partial charge in [0.1, 0.15) is 0 Å². The van der Waals surface area contributed by atoms with Crippen molar-refractivity contribution in [3.8, 4) is 0 Å². The van der Waals surface area contributed by atoms with E-state index in [-0.39, 0.29) is 11.0 Å². The first-order chi connectivity index (χ1) is 4.22. The molecule has 0 bridgehead atoms. The normalized spacial score (nSPS) is 14.1. The molecule has 0 radical (unpaired) electrons. The highest BCUT2D eigenvalue weighted by Gasteiger charge is 2.06. The van der Waals surface area contributed by atoms with Gasteiger partial charge in [0.25, 0.3) is 0 Å². The van der Waals surface area contributed by atoms with Crippen LogP contribution in [0, 0.1) is 5.92 Å². The predicted molar refractivity (Wildman–Crippen MR) is 42.6 cm³/mol. The van der Waals surface area contributed by atoms with Crippen molar-refractivity contribution in [1.29, 1.82) is 0 Å². The van der Waals surface area contributed by atoms with Gasteiger partial charge in [0.15, 0.2) is 5.12 Å². The van der Waals surface area contributed by atoms with Gasteiger partial charge in [-0.1, -0.05) is 19.1 Å². The maximum absolute atomic E-state index is 10.6. The van der Waals surface area contributed by atoms with Crippen molar-refractivity contribution in [1.82, 2.24) is 0 Å². The Morgan fingerprint density at radius 3 is 2.44 bits per heavy atom. The number of rotatable bonds is 3. The van der Waals surface area contributed by atoms with Crippen molar-refractivity contribution < 1.29 is 4.79 Å². The fourth-order valence-electron chi connectivity index (χ4n) is 0.625. The van der Waals surface area contributed by atoms with Gasteiger partial charge in [0, 0.05) is 5.92 Å². The summed E-state index contributed by atoms with van der Waals surface area (Å²) in [4.78, 5) is 10.6. The maximum atomic E-state index is 10.6. The Morgan fingerprint density at radius 2 is 2.33 bits per heavy atom. The number of thiol groups is 1. The highest BCUT2D eigenvalue weighted by Crippen LogP contribution is 2.07. The summed E-state index contributed by atoms with van der Waals surface area (Å²) in [6, 6.07) is 0. The van der Waals surface area contributed by atoms with Crippen LogP contribution in [0.1, 0.15) is 20.3 Å². The van der Waals surface area contributed by atoms with Gasteiger partial charge in [0.05, 0.1) is 0 Å². The van der Waals surface area contributed by atoms with Crippen LogP contribution in [0.3, 0.4) is 0 Å². The maximum Gasteiger partial charge on any atom is 0.192 e. The van der Waals surface area contributed by atoms with Crippen molar-refractivity contribution in [2.24, 2.45) is 5.92 Å². The number of hydrogen-bond acceptors (Lipinski definition) is 1. The van der Waals surface area contributed by atoms with Gasteiger partial charge in [-0.15, -0.1) is 12.6 Å². The molecule has 52 valence electrons. The lowest BCUT2D eigenvalue weighted by Crippen LogP contribution is -2.02. The second kappa shape index (κ2) is 4.62. The molecule has 2 heteroatoms. The van der Waals surface area contributed by atoms with E-state index >= 15 is 0 Å². The van der Waals surface area contributed by atoms with Crippen LogP contribution in [-0.4, -0.2) is 5.12 Å². The zero-order valence-corrected chi connectivity index (χ0v) is 6.69. The fourth-order valence-corrected chi connectivity index (χ4v) is 0.894. The molecule has 0 fully saturated rings. The third kappa shape index (κ3) is 3.36. The van der Waals surface area contributed by atoms with Crippen LogP contribution >= 0.6 is 12.6 Å². The molecule has 0 spiro atoms. The van der Waals surface area contributed by atoms with E-state index in [0.29, 0.717) is 0 Å². The Bertz CT molecular complexity index is 118. The minimum atomic E-state index is -0.0457. The van der Waals surface area contributed by atoms with Gasteiger partial charge in [-0.2, -0.15) is 0 Å². The van der Waals surface area contributed by atoms with E-state index in [9.17, 15) is 4.79 Å². The summed E-state index contributed by atoms with van der Waals surface area (Å²) in [6.07, 6.45) is 4.59. The molecule has 0 aromatic rings. The standard InChI is InChI=1S/C7H12OS/c1-3-5-6(4-2)7(8)9/h3,5-6H,4H2,1-2H3,(H,8,9)/b5-3+. The van der Waals surface area contributed by atoms with Gasteiger partial charge in [-0.25, -0.2) is 0 Å². The van der Waals surface area contributed by atoms with Crippen molar-refractivity contribution in [3.63, 3.8) is 0 Å². The van der Waals surface area contributed by atoms with Gasteiger partial charge in [0.2, 0.25) is 0 Å². The molecule has 9 heavy (non-hydrogen) atoms. The van der Waals surface area contributed by atoms with E-state index in [2.05, 4.69) is 12.6 Å². The third-order valence-electron chi connectivity index (χ3n) is 1.18. The molecule has 0 aromatic carbocycles. The topological polar surface area (TPSA) is 17.1 Å². The van der Waals surface area contributed by atoms with Crippen molar-refractivity contribution in [2.45, 2.75) is 20.3 Å². The smallest absolute Gasteiger partial charge is 0.192 e. The molecule has 0 heterocycles. The summed E-state index contributed by atoms with van der Waals surface area (Å²) in [7, 11) is 0. The first-order valence-electron chi connectivity index (χ1n) is 3.08. The molecule has 0 aliphatic carbocycles. The lowest BCUT2D eigenvalue weighted by molar-refractivity contribution is -0.113. The van der Waals surface area contributed by atoms with Crippen LogP contribution in [-0.2, 0) is 4.79 Å². The molecule has 0 rings (SSSR count). The second-order valence-electron chi connectivity index (χ2n) is 1.88. The minimum Gasteiger partial charge on any atom is -0.287 e. The molecule has 0 amide bonds. The Kier molecular flexibility index (Phi) is 4.50. The minimum absolute atomic E-state index is 0.0123. The molecule has 1 unspecified atom stereocenters. The number of allylic oxidation sites excluding steroid dienone is 2. The molecular weight excluding hydrogens is 132 g/mol. The Hall–Kier alpha value is -0.240. The first-order valence-corrected chi connectivity index (χ1v) is 3.52. The van der Waals surface area contributed by atoms with Gasteiger partial charge in [-0.3, -0.25) is 4.79 Å². The summed E-state index contributed by atoms with van der Waals surface area (Å²) in [5, 5.41) is -0.0457. The molecule has 0 saturated carbocycles. The molecule has 0 aromatic heterocycles. The van der Waals surface area contributed by atoms with Crippen molar-refractivity contribution in [2.75, 3.05) is 0 Å². The average molecular weight is 144 g/mol. The molecule has 0 saturated heterocycles. The van der Waals surface area contributed by atoms with Crippen LogP contribution in [0.2, 0.25) is 0 Å². The SMILES string of the molecule is C/C=C/C(CC)C(=O)S. The van der Waals surface area contributed by atoms with Gasteiger partial charge >= 0.3 is 0 Å². The third-order valence-corrected chi connectivity index (χ3v) is 1.51. The highest BCUT2D eigenvalue weighted by molar-refractivity contribution is 7.96. The van der Waals surface area contributed by atoms with E-state index in [0.717, 1.165) is 6.42 Å². The van der Waals surface area contributed by atoms with E-state index in [1.807, 2.05) is 26.0 Å². The van der Waals surface area contributed by atoms with E-state index < -0.39 is 0 Å². The van der Waals surface area contributed by atoms with E-state index in [1.165, 1.54) is 0 Å². The highest BCUT2D eigenvalue weighted by atomic mass is 32.1. The lowest BCUT2D eigenvalue weighted by Gasteiger charge is -2.00. The molecule has 0 aliphatic heterocycles. The van der Waals surface area contributed by atoms with E-state index in [1.54, 1.807) is 0 Å². The Morgan fingerprint density at radius 1 is 1.78 bits per heavy atom. The summed E-state index contributed by atoms with van der Waals surface area (Å²) in [6.45, 7) is 3.87. The number of carbonyl (C=O) groups is 1. The Balaban J connectivity index is 3.83. The molecule has 0 aliphatic rings. The molecular formula is C7H12OS. The van der Waals surface area contributed by atoms with Crippen LogP contribution in [0.25, 0.3) is 0 Å². The molecule has 1 nitrogen and oxygen atoms in total. The van der Waals surface area contributed by atoms with E-state index in [4.69, 9.17) is 0 Å². The largest absolute Gasteiger partial charge is 0.287 e. The average Bonchev–Trinajstić information content (AvgIpc) is 1.82. The summed E-state index contributed by atoms with van der Waals surface area (Å²) in [5.74, 6) is 0.0123. The van der Waals surface area contributed by atoms with Gasteiger partial charge < -0.3 is 0 Å².